The molecule has 0 saturated carbocycles. The van der Waals surface area contributed by atoms with E-state index >= 15 is 0 Å². The smallest absolute Gasteiger partial charge is 0.250 e. The summed E-state index contributed by atoms with van der Waals surface area (Å²) in [5, 5.41) is 3.05. The standard InChI is InChI=1S/C7H7Cl3IN3/c1-2-12-5-4(11)3-13-6(14-5)7(8,9)10/h3H,2H2,1H3,(H,12,13,14). The number of anilines is 1. The van der Waals surface area contributed by atoms with Gasteiger partial charge in [-0.3, -0.25) is 0 Å². The minimum atomic E-state index is -1.57. The molecular weight excluding hydrogens is 359 g/mol. The topological polar surface area (TPSA) is 37.8 Å². The molecule has 0 amide bonds. The van der Waals surface area contributed by atoms with E-state index in [4.69, 9.17) is 34.8 Å². The third kappa shape index (κ3) is 3.25. The van der Waals surface area contributed by atoms with Crippen LogP contribution in [-0.2, 0) is 3.79 Å². The van der Waals surface area contributed by atoms with Crippen LogP contribution in [0, 0.1) is 3.57 Å². The number of nitrogens with one attached hydrogen (secondary N) is 1. The Labute approximate surface area is 111 Å². The van der Waals surface area contributed by atoms with Crippen LogP contribution in [0.3, 0.4) is 0 Å². The van der Waals surface area contributed by atoms with Crippen LogP contribution in [0.4, 0.5) is 5.82 Å². The van der Waals surface area contributed by atoms with Gasteiger partial charge in [0.05, 0.1) is 3.57 Å². The lowest BCUT2D eigenvalue weighted by molar-refractivity contribution is 0.955. The fourth-order valence-electron chi connectivity index (χ4n) is 0.795. The maximum absolute atomic E-state index is 5.66. The SMILES string of the molecule is CCNc1nc(C(Cl)(Cl)Cl)ncc1I. The largest absolute Gasteiger partial charge is 0.369 e. The lowest BCUT2D eigenvalue weighted by Crippen LogP contribution is -2.11. The van der Waals surface area contributed by atoms with Crippen LogP contribution < -0.4 is 5.32 Å². The molecule has 1 aromatic heterocycles. The summed E-state index contributed by atoms with van der Waals surface area (Å²) in [6.45, 7) is 2.72. The van der Waals surface area contributed by atoms with Crippen LogP contribution in [0.1, 0.15) is 12.7 Å². The second-order valence-electron chi connectivity index (χ2n) is 2.42. The van der Waals surface area contributed by atoms with Gasteiger partial charge < -0.3 is 5.32 Å². The van der Waals surface area contributed by atoms with Gasteiger partial charge in [-0.15, -0.1) is 0 Å². The van der Waals surface area contributed by atoms with Crippen LogP contribution in [-0.4, -0.2) is 16.5 Å². The monoisotopic (exact) mass is 365 g/mol. The number of hydrogen-bond acceptors (Lipinski definition) is 3. The Morgan fingerprint density at radius 3 is 2.64 bits per heavy atom. The average molecular weight is 366 g/mol. The molecule has 1 aromatic rings. The fraction of sp³-hybridized carbons (Fsp3) is 0.429. The predicted molar refractivity (Wildman–Crippen MR) is 68.1 cm³/mol. The highest BCUT2D eigenvalue weighted by molar-refractivity contribution is 14.1. The van der Waals surface area contributed by atoms with E-state index in [1.54, 1.807) is 6.20 Å². The van der Waals surface area contributed by atoms with Crippen molar-refractivity contribution < 1.29 is 0 Å². The number of alkyl halides is 3. The van der Waals surface area contributed by atoms with E-state index in [0.717, 1.165) is 10.1 Å². The van der Waals surface area contributed by atoms with E-state index in [2.05, 4.69) is 37.9 Å². The number of hydrogen-bond donors (Lipinski definition) is 1. The third-order valence-electron chi connectivity index (χ3n) is 1.34. The molecule has 0 saturated heterocycles. The summed E-state index contributed by atoms with van der Waals surface area (Å²) in [5.74, 6) is 0.864. The second-order valence-corrected chi connectivity index (χ2v) is 5.86. The van der Waals surface area contributed by atoms with E-state index < -0.39 is 3.79 Å². The maximum atomic E-state index is 5.66. The highest BCUT2D eigenvalue weighted by atomic mass is 127. The van der Waals surface area contributed by atoms with Gasteiger partial charge in [-0.1, -0.05) is 34.8 Å². The Bertz CT molecular complexity index is 326. The van der Waals surface area contributed by atoms with Crippen LogP contribution in [0.15, 0.2) is 6.20 Å². The highest BCUT2D eigenvalue weighted by Gasteiger charge is 2.27. The van der Waals surface area contributed by atoms with E-state index in [0.29, 0.717) is 5.82 Å². The molecule has 1 heterocycles. The molecule has 3 nitrogen and oxygen atoms in total. The van der Waals surface area contributed by atoms with Gasteiger partial charge in [-0.2, -0.15) is 0 Å². The van der Waals surface area contributed by atoms with Gasteiger partial charge in [-0.25, -0.2) is 9.97 Å². The number of aromatic nitrogens is 2. The molecule has 0 atom stereocenters. The van der Waals surface area contributed by atoms with Crippen molar-refractivity contribution in [2.45, 2.75) is 10.7 Å². The van der Waals surface area contributed by atoms with Crippen molar-refractivity contribution in [3.8, 4) is 0 Å². The Morgan fingerprint density at radius 2 is 2.14 bits per heavy atom. The Kier molecular flexibility index (Phi) is 4.49. The minimum absolute atomic E-state index is 0.180. The molecule has 0 radical (unpaired) electrons. The summed E-state index contributed by atoms with van der Waals surface area (Å²) in [5.41, 5.74) is 0. The molecule has 7 heteroatoms. The van der Waals surface area contributed by atoms with Crippen LogP contribution >= 0.6 is 57.4 Å². The summed E-state index contributed by atoms with van der Waals surface area (Å²) in [7, 11) is 0. The summed E-state index contributed by atoms with van der Waals surface area (Å²) in [6, 6.07) is 0. The summed E-state index contributed by atoms with van der Waals surface area (Å²) >= 11 is 19.1. The van der Waals surface area contributed by atoms with Gasteiger partial charge in [0.2, 0.25) is 3.79 Å². The minimum Gasteiger partial charge on any atom is -0.369 e. The summed E-state index contributed by atoms with van der Waals surface area (Å²) < 4.78 is -0.684. The molecule has 78 valence electrons. The quantitative estimate of drug-likeness (QED) is 0.644. The van der Waals surface area contributed by atoms with Crippen molar-refractivity contribution >= 4 is 63.2 Å². The molecule has 0 spiro atoms. The first-order valence-corrected chi connectivity index (χ1v) is 6.00. The highest BCUT2D eigenvalue weighted by Crippen LogP contribution is 2.36. The molecule has 0 aromatic carbocycles. The van der Waals surface area contributed by atoms with Gasteiger partial charge in [0, 0.05) is 12.7 Å². The van der Waals surface area contributed by atoms with Crippen molar-refractivity contribution in [1.82, 2.24) is 9.97 Å². The Hall–Kier alpha value is 0.480. The van der Waals surface area contributed by atoms with Crippen molar-refractivity contribution in [2.75, 3.05) is 11.9 Å². The van der Waals surface area contributed by atoms with Gasteiger partial charge in [0.25, 0.3) is 0 Å². The second kappa shape index (κ2) is 5.01. The first kappa shape index (κ1) is 12.5. The molecule has 0 bridgehead atoms. The normalized spacial score (nSPS) is 11.5. The number of rotatable bonds is 2. The zero-order chi connectivity index (χ0) is 10.8. The van der Waals surface area contributed by atoms with Crippen molar-refractivity contribution in [3.63, 3.8) is 0 Å². The zero-order valence-electron chi connectivity index (χ0n) is 7.19. The predicted octanol–water partition coefficient (Wildman–Crippen LogP) is 3.34. The van der Waals surface area contributed by atoms with E-state index in [1.165, 1.54) is 0 Å². The van der Waals surface area contributed by atoms with Gasteiger partial charge in [0.1, 0.15) is 5.82 Å². The van der Waals surface area contributed by atoms with Gasteiger partial charge in [-0.05, 0) is 29.5 Å². The van der Waals surface area contributed by atoms with E-state index in [9.17, 15) is 0 Å². The number of halogens is 4. The van der Waals surface area contributed by atoms with Gasteiger partial charge in [0.15, 0.2) is 5.82 Å². The zero-order valence-corrected chi connectivity index (χ0v) is 11.6. The molecule has 1 N–H and O–H groups in total. The Morgan fingerprint density at radius 1 is 1.50 bits per heavy atom. The maximum Gasteiger partial charge on any atom is 0.250 e. The van der Waals surface area contributed by atoms with Crippen LogP contribution in [0.25, 0.3) is 0 Å². The molecule has 0 aliphatic rings. The number of nitrogens with zero attached hydrogens (tertiary/aromatic N) is 2. The van der Waals surface area contributed by atoms with Crippen molar-refractivity contribution in [2.24, 2.45) is 0 Å². The molecule has 0 unspecified atom stereocenters. The van der Waals surface area contributed by atoms with Crippen molar-refractivity contribution in [1.29, 1.82) is 0 Å². The molecule has 14 heavy (non-hydrogen) atoms. The first-order chi connectivity index (χ1) is 6.45. The van der Waals surface area contributed by atoms with Gasteiger partial charge >= 0.3 is 0 Å². The van der Waals surface area contributed by atoms with E-state index in [1.807, 2.05) is 6.92 Å². The molecule has 0 aliphatic heterocycles. The molecule has 1 rings (SSSR count). The first-order valence-electron chi connectivity index (χ1n) is 3.78. The lowest BCUT2D eigenvalue weighted by atomic mass is 10.5. The fourth-order valence-corrected chi connectivity index (χ4v) is 1.52. The van der Waals surface area contributed by atoms with Crippen molar-refractivity contribution in [3.05, 3.63) is 15.6 Å². The van der Waals surface area contributed by atoms with Crippen LogP contribution in [0.5, 0.6) is 0 Å². The molecule has 0 aliphatic carbocycles. The lowest BCUT2D eigenvalue weighted by Gasteiger charge is -2.11. The molecular formula is C7H7Cl3IN3. The average Bonchev–Trinajstić information content (AvgIpc) is 2.07. The Balaban J connectivity index is 3.06. The molecule has 0 fully saturated rings. The summed E-state index contributed by atoms with van der Waals surface area (Å²) in [4.78, 5) is 8.05. The van der Waals surface area contributed by atoms with E-state index in [-0.39, 0.29) is 5.82 Å². The third-order valence-corrected chi connectivity index (χ3v) is 2.64. The van der Waals surface area contributed by atoms with Crippen LogP contribution in [0.2, 0.25) is 0 Å². The summed E-state index contributed by atoms with van der Waals surface area (Å²) in [6.07, 6.45) is 1.61.